The Labute approximate surface area is 207 Å². The van der Waals surface area contributed by atoms with Crippen molar-refractivity contribution in [1.29, 1.82) is 0 Å². The normalized spacial score (nSPS) is 16.8. The second kappa shape index (κ2) is 10.6. The first kappa shape index (κ1) is 23.5. The van der Waals surface area contributed by atoms with Crippen LogP contribution in [0.25, 0.3) is 11.0 Å². The fourth-order valence-corrected chi connectivity index (χ4v) is 4.36. The topological polar surface area (TPSA) is 116 Å². The number of aryl methyl sites for hydroxylation is 1. The van der Waals surface area contributed by atoms with Gasteiger partial charge in [0.2, 0.25) is 5.91 Å². The SMILES string of the molecule is O=C1CCCCCn2cc(nn2)COc2ccccc2C(CC(=O)c2cc3ccccc3oc2=O)N1. The molecule has 0 radical (unpaired) electrons. The Morgan fingerprint density at radius 2 is 1.89 bits per heavy atom. The highest BCUT2D eigenvalue weighted by atomic mass is 16.5. The lowest BCUT2D eigenvalue weighted by Crippen LogP contribution is -2.31. The first-order chi connectivity index (χ1) is 17.6. The molecule has 4 aromatic rings. The molecule has 0 saturated carbocycles. The highest BCUT2D eigenvalue weighted by Gasteiger charge is 2.25. The van der Waals surface area contributed by atoms with Crippen LogP contribution in [0.3, 0.4) is 0 Å². The van der Waals surface area contributed by atoms with Gasteiger partial charge < -0.3 is 14.5 Å². The van der Waals surface area contributed by atoms with Crippen LogP contribution < -0.4 is 15.7 Å². The standard InChI is InChI=1S/C27H26N4O5/c32-23(21-14-18-8-3-5-10-24(18)36-27(21)34)15-22-20-9-4-6-11-25(20)35-17-19-16-31(30-29-19)13-7-1-2-12-26(33)28-22/h3-6,8-11,14,16,22H,1-2,7,12-13,15,17H2,(H,28,33). The molecule has 9 nitrogen and oxygen atoms in total. The summed E-state index contributed by atoms with van der Waals surface area (Å²) < 4.78 is 13.2. The van der Waals surface area contributed by atoms with E-state index in [-0.39, 0.29) is 24.5 Å². The molecule has 36 heavy (non-hydrogen) atoms. The van der Waals surface area contributed by atoms with E-state index in [1.807, 2.05) is 30.5 Å². The third kappa shape index (κ3) is 5.35. The summed E-state index contributed by atoms with van der Waals surface area (Å²) in [7, 11) is 0. The van der Waals surface area contributed by atoms with Gasteiger partial charge in [0.25, 0.3) is 0 Å². The van der Waals surface area contributed by atoms with Gasteiger partial charge in [-0.1, -0.05) is 48.0 Å². The molecule has 0 saturated heterocycles. The Bertz CT molecular complexity index is 1460. The maximum absolute atomic E-state index is 13.3. The first-order valence-electron chi connectivity index (χ1n) is 12.0. The van der Waals surface area contributed by atoms with Gasteiger partial charge in [-0.3, -0.25) is 14.3 Å². The Morgan fingerprint density at radius 3 is 2.81 bits per heavy atom. The van der Waals surface area contributed by atoms with Crippen LogP contribution in [0, 0.1) is 0 Å². The molecular weight excluding hydrogens is 460 g/mol. The highest BCUT2D eigenvalue weighted by Crippen LogP contribution is 2.29. The van der Waals surface area contributed by atoms with E-state index in [4.69, 9.17) is 9.15 Å². The third-order valence-corrected chi connectivity index (χ3v) is 6.21. The van der Waals surface area contributed by atoms with Crippen molar-refractivity contribution < 1.29 is 18.7 Å². The average Bonchev–Trinajstić information content (AvgIpc) is 3.33. The Kier molecular flexibility index (Phi) is 6.88. The van der Waals surface area contributed by atoms with E-state index in [2.05, 4.69) is 15.6 Å². The number of hydrogen-bond acceptors (Lipinski definition) is 7. The van der Waals surface area contributed by atoms with Gasteiger partial charge in [0.15, 0.2) is 5.78 Å². The Hall–Kier alpha value is -4.27. The largest absolute Gasteiger partial charge is 0.487 e. The van der Waals surface area contributed by atoms with Gasteiger partial charge in [-0.2, -0.15) is 0 Å². The lowest BCUT2D eigenvalue weighted by molar-refractivity contribution is -0.121. The number of nitrogens with one attached hydrogen (secondary N) is 1. The molecule has 1 amide bonds. The molecule has 2 bridgehead atoms. The summed E-state index contributed by atoms with van der Waals surface area (Å²) in [5, 5.41) is 12.0. The van der Waals surface area contributed by atoms with Crippen molar-refractivity contribution in [3.8, 4) is 5.75 Å². The molecule has 5 rings (SSSR count). The molecule has 0 spiro atoms. The van der Waals surface area contributed by atoms with Crippen LogP contribution in [0.4, 0.5) is 0 Å². The van der Waals surface area contributed by atoms with Crippen molar-refractivity contribution in [3.63, 3.8) is 0 Å². The number of Topliss-reactive ketones (excluding diaryl/α,β-unsaturated/α-hetero) is 1. The molecule has 1 aliphatic heterocycles. The molecule has 1 N–H and O–H groups in total. The number of ketones is 1. The number of fused-ring (bicyclic) bond motifs is 4. The highest BCUT2D eigenvalue weighted by molar-refractivity contribution is 5.98. The van der Waals surface area contributed by atoms with E-state index in [0.717, 1.165) is 19.4 Å². The van der Waals surface area contributed by atoms with Gasteiger partial charge in [-0.05, 0) is 31.0 Å². The monoisotopic (exact) mass is 486 g/mol. The van der Waals surface area contributed by atoms with Crippen molar-refractivity contribution >= 4 is 22.7 Å². The molecule has 2 aromatic heterocycles. The Balaban J connectivity index is 1.46. The number of rotatable bonds is 3. The maximum atomic E-state index is 13.3. The summed E-state index contributed by atoms with van der Waals surface area (Å²) in [6.07, 6.45) is 4.50. The van der Waals surface area contributed by atoms with Crippen LogP contribution in [0.2, 0.25) is 0 Å². The van der Waals surface area contributed by atoms with Gasteiger partial charge in [0.05, 0.1) is 12.2 Å². The molecule has 2 aromatic carbocycles. The number of carbonyl (C=O) groups is 2. The minimum atomic E-state index is -0.699. The van der Waals surface area contributed by atoms with Gasteiger partial charge in [-0.25, -0.2) is 4.79 Å². The lowest BCUT2D eigenvalue weighted by Gasteiger charge is -2.21. The Morgan fingerprint density at radius 1 is 1.06 bits per heavy atom. The fourth-order valence-electron chi connectivity index (χ4n) is 4.36. The van der Waals surface area contributed by atoms with E-state index in [9.17, 15) is 14.4 Å². The second-order valence-electron chi connectivity index (χ2n) is 8.84. The van der Waals surface area contributed by atoms with Crippen LogP contribution >= 0.6 is 0 Å². The number of carbonyl (C=O) groups excluding carboxylic acids is 2. The van der Waals surface area contributed by atoms with Crippen LogP contribution in [0.15, 0.2) is 70.0 Å². The zero-order chi connectivity index (χ0) is 24.9. The number of aromatic nitrogens is 3. The van der Waals surface area contributed by atoms with E-state index in [0.29, 0.717) is 40.8 Å². The van der Waals surface area contributed by atoms with Crippen LogP contribution in [-0.2, 0) is 17.9 Å². The zero-order valence-electron chi connectivity index (χ0n) is 19.7. The number of ether oxygens (including phenoxy) is 1. The summed E-state index contributed by atoms with van der Waals surface area (Å²) >= 11 is 0. The summed E-state index contributed by atoms with van der Waals surface area (Å²) in [6.45, 7) is 0.913. The van der Waals surface area contributed by atoms with Gasteiger partial charge in [-0.15, -0.1) is 5.10 Å². The van der Waals surface area contributed by atoms with Crippen molar-refractivity contribution in [2.45, 2.75) is 51.3 Å². The van der Waals surface area contributed by atoms with E-state index in [1.54, 1.807) is 35.0 Å². The smallest absolute Gasteiger partial charge is 0.347 e. The number of para-hydroxylation sites is 2. The molecule has 1 atom stereocenters. The number of nitrogens with zero attached hydrogens (tertiary/aromatic N) is 3. The minimum Gasteiger partial charge on any atom is -0.487 e. The summed E-state index contributed by atoms with van der Waals surface area (Å²) in [5.41, 5.74) is 0.998. The molecule has 1 aliphatic rings. The van der Waals surface area contributed by atoms with Gasteiger partial charge in [0.1, 0.15) is 29.2 Å². The molecule has 9 heteroatoms. The minimum absolute atomic E-state index is 0.0474. The fraction of sp³-hybridized carbons (Fsp3) is 0.296. The lowest BCUT2D eigenvalue weighted by atomic mass is 9.97. The number of amides is 1. The average molecular weight is 487 g/mol. The van der Waals surface area contributed by atoms with Crippen molar-refractivity contribution in [2.75, 3.05) is 0 Å². The molecule has 3 heterocycles. The maximum Gasteiger partial charge on any atom is 0.347 e. The molecule has 1 unspecified atom stereocenters. The molecule has 0 aliphatic carbocycles. The summed E-state index contributed by atoms with van der Waals surface area (Å²) in [6, 6.07) is 15.1. The zero-order valence-corrected chi connectivity index (χ0v) is 19.7. The number of benzene rings is 2. The predicted octanol–water partition coefficient (Wildman–Crippen LogP) is 3.97. The van der Waals surface area contributed by atoms with Gasteiger partial charge in [0, 0.05) is 30.3 Å². The van der Waals surface area contributed by atoms with Crippen LogP contribution in [0.5, 0.6) is 5.75 Å². The predicted molar refractivity (Wildman–Crippen MR) is 132 cm³/mol. The summed E-state index contributed by atoms with van der Waals surface area (Å²) in [4.78, 5) is 38.7. The molecular formula is C27H26N4O5. The van der Waals surface area contributed by atoms with E-state index >= 15 is 0 Å². The van der Waals surface area contributed by atoms with Crippen molar-refractivity contribution in [3.05, 3.63) is 88.0 Å². The van der Waals surface area contributed by atoms with Crippen LogP contribution in [-0.4, -0.2) is 26.7 Å². The second-order valence-corrected chi connectivity index (χ2v) is 8.84. The molecule has 184 valence electrons. The van der Waals surface area contributed by atoms with Crippen molar-refractivity contribution in [2.24, 2.45) is 0 Å². The van der Waals surface area contributed by atoms with Crippen molar-refractivity contribution in [1.82, 2.24) is 20.3 Å². The van der Waals surface area contributed by atoms with E-state index < -0.39 is 17.5 Å². The quantitative estimate of drug-likeness (QED) is 0.344. The van der Waals surface area contributed by atoms with E-state index in [1.165, 1.54) is 0 Å². The first-order valence-corrected chi connectivity index (χ1v) is 12.0. The number of hydrogen-bond donors (Lipinski definition) is 1. The molecule has 0 fully saturated rings. The third-order valence-electron chi connectivity index (χ3n) is 6.21. The van der Waals surface area contributed by atoms with Gasteiger partial charge >= 0.3 is 5.63 Å². The summed E-state index contributed by atoms with van der Waals surface area (Å²) in [5.74, 6) is -0.0634. The van der Waals surface area contributed by atoms with Crippen LogP contribution in [0.1, 0.15) is 59.8 Å².